The van der Waals surface area contributed by atoms with Crippen LogP contribution in [0.2, 0.25) is 0 Å². The van der Waals surface area contributed by atoms with Gasteiger partial charge in [-0.25, -0.2) is 0 Å². The van der Waals surface area contributed by atoms with Gasteiger partial charge in [0.15, 0.2) is 0 Å². The molecular weight excluding hydrogens is 206 g/mol. The van der Waals surface area contributed by atoms with Crippen molar-refractivity contribution in [3.05, 3.63) is 28.8 Å². The van der Waals surface area contributed by atoms with Crippen molar-refractivity contribution in [2.45, 2.75) is 20.4 Å². The van der Waals surface area contributed by atoms with Gasteiger partial charge in [-0.05, 0) is 36.6 Å². The van der Waals surface area contributed by atoms with Crippen molar-refractivity contribution in [2.24, 2.45) is 0 Å². The van der Waals surface area contributed by atoms with E-state index in [1.165, 1.54) is 0 Å². The van der Waals surface area contributed by atoms with Crippen molar-refractivity contribution in [2.75, 3.05) is 13.7 Å². The number of amides is 1. The second-order valence-electron chi connectivity index (χ2n) is 3.68. The summed E-state index contributed by atoms with van der Waals surface area (Å²) in [5, 5.41) is 11.2. The summed E-state index contributed by atoms with van der Waals surface area (Å²) in [5.74, 6) is 0.475. The first-order chi connectivity index (χ1) is 7.58. The third-order valence-corrected chi connectivity index (χ3v) is 2.47. The topological polar surface area (TPSA) is 58.6 Å². The second-order valence-corrected chi connectivity index (χ2v) is 3.68. The zero-order valence-corrected chi connectivity index (χ0v) is 9.83. The van der Waals surface area contributed by atoms with E-state index in [0.717, 1.165) is 22.4 Å². The van der Waals surface area contributed by atoms with E-state index in [4.69, 9.17) is 9.84 Å². The van der Waals surface area contributed by atoms with Crippen molar-refractivity contribution in [3.63, 3.8) is 0 Å². The molecule has 16 heavy (non-hydrogen) atoms. The Bertz CT molecular complexity index is 388. The summed E-state index contributed by atoms with van der Waals surface area (Å²) in [6.07, 6.45) is 0. The Morgan fingerprint density at radius 3 is 2.62 bits per heavy atom. The van der Waals surface area contributed by atoms with Crippen LogP contribution in [-0.2, 0) is 11.3 Å². The minimum absolute atomic E-state index is 0.368. The molecule has 0 aliphatic heterocycles. The number of benzene rings is 1. The molecule has 1 aromatic rings. The SMILES string of the molecule is COc1cc(C)c(CNC(=O)CO)cc1C. The predicted molar refractivity (Wildman–Crippen MR) is 61.4 cm³/mol. The summed E-state index contributed by atoms with van der Waals surface area (Å²) in [6, 6.07) is 3.92. The number of methoxy groups -OCH3 is 1. The molecular formula is C12H17NO3. The molecule has 0 atom stereocenters. The van der Waals surface area contributed by atoms with Gasteiger partial charge in [0.2, 0.25) is 5.91 Å². The maximum Gasteiger partial charge on any atom is 0.245 e. The highest BCUT2D eigenvalue weighted by molar-refractivity contribution is 5.76. The Labute approximate surface area is 95.2 Å². The van der Waals surface area contributed by atoms with Crippen LogP contribution in [-0.4, -0.2) is 24.7 Å². The summed E-state index contributed by atoms with van der Waals surface area (Å²) < 4.78 is 5.20. The maximum absolute atomic E-state index is 10.9. The Morgan fingerprint density at radius 1 is 1.38 bits per heavy atom. The average Bonchev–Trinajstić information content (AvgIpc) is 2.29. The number of ether oxygens (including phenoxy) is 1. The first-order valence-corrected chi connectivity index (χ1v) is 5.10. The molecule has 0 aliphatic rings. The van der Waals surface area contributed by atoms with Gasteiger partial charge >= 0.3 is 0 Å². The van der Waals surface area contributed by atoms with Gasteiger partial charge in [0.1, 0.15) is 12.4 Å². The Balaban J connectivity index is 2.81. The second kappa shape index (κ2) is 5.51. The normalized spacial score (nSPS) is 10.0. The summed E-state index contributed by atoms with van der Waals surface area (Å²) in [4.78, 5) is 10.9. The van der Waals surface area contributed by atoms with Gasteiger partial charge in [-0.3, -0.25) is 4.79 Å². The number of nitrogens with one attached hydrogen (secondary N) is 1. The number of hydrogen-bond acceptors (Lipinski definition) is 3. The molecule has 0 bridgehead atoms. The molecule has 0 aliphatic carbocycles. The fraction of sp³-hybridized carbons (Fsp3) is 0.417. The summed E-state index contributed by atoms with van der Waals surface area (Å²) in [6.45, 7) is 3.86. The minimum Gasteiger partial charge on any atom is -0.496 e. The summed E-state index contributed by atoms with van der Waals surface area (Å²) >= 11 is 0. The summed E-state index contributed by atoms with van der Waals surface area (Å²) in [5.41, 5.74) is 3.11. The van der Waals surface area contributed by atoms with Gasteiger partial charge in [0, 0.05) is 6.54 Å². The van der Waals surface area contributed by atoms with Crippen LogP contribution in [0.25, 0.3) is 0 Å². The van der Waals surface area contributed by atoms with Gasteiger partial charge in [-0.15, -0.1) is 0 Å². The first-order valence-electron chi connectivity index (χ1n) is 5.10. The highest BCUT2D eigenvalue weighted by Crippen LogP contribution is 2.22. The molecule has 1 rings (SSSR count). The van der Waals surface area contributed by atoms with Crippen LogP contribution in [0.15, 0.2) is 12.1 Å². The standard InChI is InChI=1S/C12H17NO3/c1-8-5-11(16-3)9(2)4-10(8)6-13-12(15)7-14/h4-5,14H,6-7H2,1-3H3,(H,13,15). The van der Waals surface area contributed by atoms with Gasteiger partial charge in [-0.1, -0.05) is 6.07 Å². The fourth-order valence-corrected chi connectivity index (χ4v) is 1.51. The molecule has 0 unspecified atom stereocenters. The zero-order valence-electron chi connectivity index (χ0n) is 9.83. The van der Waals surface area contributed by atoms with Crippen LogP contribution in [0.3, 0.4) is 0 Å². The third kappa shape index (κ3) is 2.97. The average molecular weight is 223 g/mol. The highest BCUT2D eigenvalue weighted by atomic mass is 16.5. The molecule has 0 radical (unpaired) electrons. The van der Waals surface area contributed by atoms with Gasteiger partial charge in [0.25, 0.3) is 0 Å². The van der Waals surface area contributed by atoms with Crippen LogP contribution >= 0.6 is 0 Å². The molecule has 2 N–H and O–H groups in total. The molecule has 1 aromatic carbocycles. The number of carbonyl (C=O) groups is 1. The lowest BCUT2D eigenvalue weighted by atomic mass is 10.0. The number of aliphatic hydroxyl groups excluding tert-OH is 1. The van der Waals surface area contributed by atoms with Crippen LogP contribution in [0.5, 0.6) is 5.75 Å². The van der Waals surface area contributed by atoms with E-state index in [2.05, 4.69) is 5.32 Å². The highest BCUT2D eigenvalue weighted by Gasteiger charge is 2.05. The number of rotatable bonds is 4. The van der Waals surface area contributed by atoms with Crippen LogP contribution in [0, 0.1) is 13.8 Å². The van der Waals surface area contributed by atoms with E-state index < -0.39 is 6.61 Å². The van der Waals surface area contributed by atoms with E-state index in [0.29, 0.717) is 6.54 Å². The third-order valence-electron chi connectivity index (χ3n) is 2.47. The lowest BCUT2D eigenvalue weighted by molar-refractivity contribution is -0.123. The number of hydrogen-bond donors (Lipinski definition) is 2. The smallest absolute Gasteiger partial charge is 0.245 e. The lowest BCUT2D eigenvalue weighted by Gasteiger charge is -2.11. The molecule has 88 valence electrons. The van der Waals surface area contributed by atoms with Crippen molar-refractivity contribution in [1.82, 2.24) is 5.32 Å². The van der Waals surface area contributed by atoms with Gasteiger partial charge < -0.3 is 15.2 Å². The van der Waals surface area contributed by atoms with Gasteiger partial charge in [0.05, 0.1) is 7.11 Å². The lowest BCUT2D eigenvalue weighted by Crippen LogP contribution is -2.25. The number of carbonyl (C=O) groups excluding carboxylic acids is 1. The molecule has 0 fully saturated rings. The van der Waals surface area contributed by atoms with Crippen LogP contribution in [0.4, 0.5) is 0 Å². The van der Waals surface area contributed by atoms with E-state index in [-0.39, 0.29) is 5.91 Å². The van der Waals surface area contributed by atoms with Crippen LogP contribution in [0.1, 0.15) is 16.7 Å². The largest absolute Gasteiger partial charge is 0.496 e. The van der Waals surface area contributed by atoms with Crippen molar-refractivity contribution >= 4 is 5.91 Å². The van der Waals surface area contributed by atoms with E-state index in [9.17, 15) is 4.79 Å². The molecule has 1 amide bonds. The van der Waals surface area contributed by atoms with Crippen molar-refractivity contribution in [1.29, 1.82) is 0 Å². The van der Waals surface area contributed by atoms with Crippen LogP contribution < -0.4 is 10.1 Å². The molecule has 0 spiro atoms. The van der Waals surface area contributed by atoms with E-state index >= 15 is 0 Å². The predicted octanol–water partition coefficient (Wildman–Crippen LogP) is 0.921. The maximum atomic E-state index is 10.9. The number of aliphatic hydroxyl groups is 1. The molecule has 0 aromatic heterocycles. The first kappa shape index (κ1) is 12.5. The Kier molecular flexibility index (Phi) is 4.31. The zero-order chi connectivity index (χ0) is 12.1. The van der Waals surface area contributed by atoms with Gasteiger partial charge in [-0.2, -0.15) is 0 Å². The quantitative estimate of drug-likeness (QED) is 0.798. The summed E-state index contributed by atoms with van der Waals surface area (Å²) in [7, 11) is 1.63. The molecule has 0 saturated heterocycles. The molecule has 0 heterocycles. The number of aryl methyl sites for hydroxylation is 2. The molecule has 4 heteroatoms. The minimum atomic E-state index is -0.478. The molecule has 4 nitrogen and oxygen atoms in total. The monoisotopic (exact) mass is 223 g/mol. The Morgan fingerprint density at radius 2 is 2.06 bits per heavy atom. The Hall–Kier alpha value is -1.55. The fourth-order valence-electron chi connectivity index (χ4n) is 1.51. The van der Waals surface area contributed by atoms with Crippen molar-refractivity contribution < 1.29 is 14.6 Å². The van der Waals surface area contributed by atoms with E-state index in [1.54, 1.807) is 7.11 Å². The molecule has 0 saturated carbocycles. The van der Waals surface area contributed by atoms with Crippen molar-refractivity contribution in [3.8, 4) is 5.75 Å². The van der Waals surface area contributed by atoms with E-state index in [1.807, 2.05) is 26.0 Å².